The number of anilines is 1. The van der Waals surface area contributed by atoms with Crippen LogP contribution in [0.25, 0.3) is 0 Å². The summed E-state index contributed by atoms with van der Waals surface area (Å²) in [6, 6.07) is 14.1. The van der Waals surface area contributed by atoms with Gasteiger partial charge in [-0.25, -0.2) is 4.79 Å². The second-order valence-electron chi connectivity index (χ2n) is 8.67. The van der Waals surface area contributed by atoms with Crippen molar-refractivity contribution < 1.29 is 9.59 Å². The van der Waals surface area contributed by atoms with Crippen molar-refractivity contribution in [1.29, 1.82) is 0 Å². The molecule has 0 radical (unpaired) electrons. The molecule has 2 aromatic rings. The Kier molecular flexibility index (Phi) is 7.14. The van der Waals surface area contributed by atoms with Crippen LogP contribution in [0.5, 0.6) is 0 Å². The number of para-hydroxylation sites is 1. The standard InChI is InChI=1S/C25H33N3O2/c1-17(2)21-10-6-11-22(18(3)4)24(21)27-25(30)26-15-19-8-5-9-20(14-19)16-28-13-7-12-23(28)29/h5-6,8-11,14,17-18H,7,12-13,15-16H2,1-4H3,(H2,26,27,30). The van der Waals surface area contributed by atoms with Crippen LogP contribution in [-0.4, -0.2) is 23.4 Å². The van der Waals surface area contributed by atoms with Crippen LogP contribution in [0.15, 0.2) is 42.5 Å². The highest BCUT2D eigenvalue weighted by Crippen LogP contribution is 2.32. The van der Waals surface area contributed by atoms with E-state index < -0.39 is 0 Å². The van der Waals surface area contributed by atoms with Crippen molar-refractivity contribution in [3.05, 3.63) is 64.7 Å². The zero-order valence-corrected chi connectivity index (χ0v) is 18.5. The molecule has 3 amide bonds. The highest BCUT2D eigenvalue weighted by atomic mass is 16.2. The van der Waals surface area contributed by atoms with E-state index in [9.17, 15) is 9.59 Å². The maximum atomic E-state index is 12.7. The molecular formula is C25H33N3O2. The molecule has 0 atom stereocenters. The molecule has 160 valence electrons. The Bertz CT molecular complexity index is 879. The van der Waals surface area contributed by atoms with Gasteiger partial charge in [-0.05, 0) is 40.5 Å². The molecule has 30 heavy (non-hydrogen) atoms. The fourth-order valence-corrected chi connectivity index (χ4v) is 3.96. The molecule has 0 spiro atoms. The molecule has 0 aliphatic carbocycles. The van der Waals surface area contributed by atoms with Crippen molar-refractivity contribution in [1.82, 2.24) is 10.2 Å². The summed E-state index contributed by atoms with van der Waals surface area (Å²) >= 11 is 0. The largest absolute Gasteiger partial charge is 0.338 e. The monoisotopic (exact) mass is 407 g/mol. The quantitative estimate of drug-likeness (QED) is 0.647. The summed E-state index contributed by atoms with van der Waals surface area (Å²) in [7, 11) is 0. The van der Waals surface area contributed by atoms with Crippen molar-refractivity contribution in [2.24, 2.45) is 0 Å². The fraction of sp³-hybridized carbons (Fsp3) is 0.440. The van der Waals surface area contributed by atoms with Crippen LogP contribution in [0.3, 0.4) is 0 Å². The van der Waals surface area contributed by atoms with E-state index in [1.54, 1.807) is 0 Å². The second kappa shape index (κ2) is 9.79. The van der Waals surface area contributed by atoms with Crippen molar-refractivity contribution >= 4 is 17.6 Å². The molecule has 1 saturated heterocycles. The van der Waals surface area contributed by atoms with Gasteiger partial charge >= 0.3 is 6.03 Å². The smallest absolute Gasteiger partial charge is 0.319 e. The van der Waals surface area contributed by atoms with Crippen LogP contribution in [0.4, 0.5) is 10.5 Å². The second-order valence-corrected chi connectivity index (χ2v) is 8.67. The summed E-state index contributed by atoms with van der Waals surface area (Å²) in [6.07, 6.45) is 1.59. The molecule has 5 heteroatoms. The Morgan fingerprint density at radius 3 is 2.23 bits per heavy atom. The van der Waals surface area contributed by atoms with Crippen LogP contribution in [-0.2, 0) is 17.9 Å². The topological polar surface area (TPSA) is 61.4 Å². The van der Waals surface area contributed by atoms with E-state index in [2.05, 4.69) is 62.6 Å². The van der Waals surface area contributed by atoms with Gasteiger partial charge in [0.25, 0.3) is 0 Å². The van der Waals surface area contributed by atoms with Gasteiger partial charge in [0.15, 0.2) is 0 Å². The summed E-state index contributed by atoms with van der Waals surface area (Å²) in [5.41, 5.74) is 5.33. The number of carbonyl (C=O) groups is 2. The molecule has 1 aliphatic rings. The third kappa shape index (κ3) is 5.41. The van der Waals surface area contributed by atoms with Crippen molar-refractivity contribution in [3.8, 4) is 0 Å². The lowest BCUT2D eigenvalue weighted by molar-refractivity contribution is -0.128. The SMILES string of the molecule is CC(C)c1cccc(C(C)C)c1NC(=O)NCc1cccc(CN2CCCC2=O)c1. The van der Waals surface area contributed by atoms with Gasteiger partial charge in [-0.1, -0.05) is 70.2 Å². The molecular weight excluding hydrogens is 374 g/mol. The highest BCUT2D eigenvalue weighted by Gasteiger charge is 2.20. The Morgan fingerprint density at radius 1 is 1.00 bits per heavy atom. The third-order valence-corrected chi connectivity index (χ3v) is 5.60. The number of amides is 3. The third-order valence-electron chi connectivity index (χ3n) is 5.60. The molecule has 1 aliphatic heterocycles. The Hall–Kier alpha value is -2.82. The van der Waals surface area contributed by atoms with Crippen LogP contribution in [0.1, 0.15) is 74.6 Å². The Morgan fingerprint density at radius 2 is 1.63 bits per heavy atom. The number of hydrogen-bond acceptors (Lipinski definition) is 2. The number of hydrogen-bond donors (Lipinski definition) is 2. The molecule has 5 nitrogen and oxygen atoms in total. The van der Waals surface area contributed by atoms with E-state index in [-0.39, 0.29) is 11.9 Å². The van der Waals surface area contributed by atoms with Gasteiger partial charge in [0.05, 0.1) is 0 Å². The van der Waals surface area contributed by atoms with E-state index in [0.29, 0.717) is 31.3 Å². The van der Waals surface area contributed by atoms with Crippen molar-refractivity contribution in [2.45, 2.75) is 65.5 Å². The first kappa shape index (κ1) is 21.9. The molecule has 0 aromatic heterocycles. The molecule has 1 fully saturated rings. The van der Waals surface area contributed by atoms with Gasteiger partial charge in [-0.15, -0.1) is 0 Å². The minimum Gasteiger partial charge on any atom is -0.338 e. The first-order valence-corrected chi connectivity index (χ1v) is 10.9. The number of nitrogens with one attached hydrogen (secondary N) is 2. The average molecular weight is 408 g/mol. The first-order valence-electron chi connectivity index (χ1n) is 10.9. The predicted molar refractivity (Wildman–Crippen MR) is 122 cm³/mol. The van der Waals surface area contributed by atoms with Crippen molar-refractivity contribution in [3.63, 3.8) is 0 Å². The summed E-state index contributed by atoms with van der Waals surface area (Å²) in [4.78, 5) is 26.4. The lowest BCUT2D eigenvalue weighted by Crippen LogP contribution is -2.29. The van der Waals surface area contributed by atoms with Gasteiger partial charge < -0.3 is 15.5 Å². The molecule has 0 unspecified atom stereocenters. The van der Waals surface area contributed by atoms with E-state index >= 15 is 0 Å². The zero-order valence-electron chi connectivity index (χ0n) is 18.5. The first-order chi connectivity index (χ1) is 14.3. The number of nitrogens with zero attached hydrogens (tertiary/aromatic N) is 1. The molecule has 0 saturated carbocycles. The van der Waals surface area contributed by atoms with Crippen LogP contribution in [0.2, 0.25) is 0 Å². The van der Waals surface area contributed by atoms with Gasteiger partial charge in [-0.3, -0.25) is 4.79 Å². The zero-order chi connectivity index (χ0) is 21.7. The van der Waals surface area contributed by atoms with Crippen LogP contribution >= 0.6 is 0 Å². The number of likely N-dealkylation sites (tertiary alicyclic amines) is 1. The summed E-state index contributed by atoms with van der Waals surface area (Å²) < 4.78 is 0. The fourth-order valence-electron chi connectivity index (χ4n) is 3.96. The summed E-state index contributed by atoms with van der Waals surface area (Å²) in [5.74, 6) is 0.871. The molecule has 2 aromatic carbocycles. The number of urea groups is 1. The Labute approximate surface area is 179 Å². The molecule has 2 N–H and O–H groups in total. The maximum absolute atomic E-state index is 12.7. The van der Waals surface area contributed by atoms with Gasteiger partial charge in [-0.2, -0.15) is 0 Å². The summed E-state index contributed by atoms with van der Waals surface area (Å²) in [5, 5.41) is 6.07. The normalized spacial score (nSPS) is 13.9. The summed E-state index contributed by atoms with van der Waals surface area (Å²) in [6.45, 7) is 10.5. The van der Waals surface area contributed by atoms with E-state index in [4.69, 9.17) is 0 Å². The number of carbonyl (C=O) groups excluding carboxylic acids is 2. The van der Waals surface area contributed by atoms with E-state index in [0.717, 1.165) is 40.9 Å². The highest BCUT2D eigenvalue weighted by molar-refractivity contribution is 5.91. The molecule has 0 bridgehead atoms. The molecule has 3 rings (SSSR count). The van der Waals surface area contributed by atoms with Crippen LogP contribution in [0, 0.1) is 0 Å². The van der Waals surface area contributed by atoms with Crippen molar-refractivity contribution in [2.75, 3.05) is 11.9 Å². The number of benzene rings is 2. The molecule has 1 heterocycles. The minimum atomic E-state index is -0.204. The Balaban J connectivity index is 1.64. The maximum Gasteiger partial charge on any atom is 0.319 e. The van der Waals surface area contributed by atoms with Gasteiger partial charge in [0, 0.05) is 31.7 Å². The number of rotatable bonds is 7. The van der Waals surface area contributed by atoms with Gasteiger partial charge in [0.2, 0.25) is 5.91 Å². The lowest BCUT2D eigenvalue weighted by Gasteiger charge is -2.20. The van der Waals surface area contributed by atoms with E-state index in [1.807, 2.05) is 23.1 Å². The predicted octanol–water partition coefficient (Wildman–Crippen LogP) is 5.38. The van der Waals surface area contributed by atoms with E-state index in [1.165, 1.54) is 0 Å². The minimum absolute atomic E-state index is 0.204. The van der Waals surface area contributed by atoms with Crippen LogP contribution < -0.4 is 10.6 Å². The average Bonchev–Trinajstić information content (AvgIpc) is 3.11. The van der Waals surface area contributed by atoms with Gasteiger partial charge in [0.1, 0.15) is 0 Å². The lowest BCUT2D eigenvalue weighted by atomic mass is 9.93.